The minimum atomic E-state index is 0.772. The van der Waals surface area contributed by atoms with Crippen molar-refractivity contribution in [1.29, 1.82) is 0 Å². The van der Waals surface area contributed by atoms with Crippen molar-refractivity contribution < 1.29 is 0 Å². The second kappa shape index (κ2) is 4.72. The van der Waals surface area contributed by atoms with E-state index < -0.39 is 0 Å². The van der Waals surface area contributed by atoms with Crippen LogP contribution in [-0.4, -0.2) is 9.97 Å². The number of nitrogen functional groups attached to an aromatic ring is 1. The number of nitrogens with zero attached hydrogens (tertiary/aromatic N) is 1. The van der Waals surface area contributed by atoms with E-state index >= 15 is 0 Å². The highest BCUT2D eigenvalue weighted by atomic mass is 79.9. The molecule has 3 nitrogen and oxygen atoms in total. The number of aromatic nitrogens is 2. The van der Waals surface area contributed by atoms with Crippen molar-refractivity contribution >= 4 is 33.4 Å². The van der Waals surface area contributed by atoms with E-state index in [1.165, 1.54) is 5.56 Å². The molecular formula is C10H10BrN3S. The van der Waals surface area contributed by atoms with E-state index in [1.807, 2.05) is 24.4 Å². The smallest absolute Gasteiger partial charge is 0.165 e. The molecule has 0 amide bonds. The number of aromatic amines is 1. The summed E-state index contributed by atoms with van der Waals surface area (Å²) in [4.78, 5) is 7.20. The first-order chi connectivity index (χ1) is 7.25. The maximum atomic E-state index is 5.66. The second-order valence-electron chi connectivity index (χ2n) is 3.03. The molecule has 78 valence electrons. The molecule has 2 rings (SSSR count). The van der Waals surface area contributed by atoms with Gasteiger partial charge in [0, 0.05) is 28.3 Å². The van der Waals surface area contributed by atoms with Crippen LogP contribution >= 0.6 is 27.7 Å². The monoisotopic (exact) mass is 283 g/mol. The molecule has 0 aliphatic heterocycles. The molecule has 1 heterocycles. The number of nitrogens with one attached hydrogen (secondary N) is 1. The summed E-state index contributed by atoms with van der Waals surface area (Å²) in [6, 6.07) is 5.84. The molecule has 0 fully saturated rings. The lowest BCUT2D eigenvalue weighted by Gasteiger charge is -2.03. The van der Waals surface area contributed by atoms with Gasteiger partial charge in [-0.25, -0.2) is 4.98 Å². The highest BCUT2D eigenvalue weighted by Gasteiger charge is 2.02. The number of imidazole rings is 1. The quantitative estimate of drug-likeness (QED) is 0.673. The Hall–Kier alpha value is -0.940. The van der Waals surface area contributed by atoms with Gasteiger partial charge in [0.05, 0.1) is 0 Å². The van der Waals surface area contributed by atoms with Crippen molar-refractivity contribution in [2.24, 2.45) is 0 Å². The molecule has 0 saturated carbocycles. The number of thioether (sulfide) groups is 1. The van der Waals surface area contributed by atoms with Crippen molar-refractivity contribution in [3.05, 3.63) is 40.6 Å². The molecule has 0 spiro atoms. The van der Waals surface area contributed by atoms with Gasteiger partial charge >= 0.3 is 0 Å². The lowest BCUT2D eigenvalue weighted by molar-refractivity contribution is 1.06. The summed E-state index contributed by atoms with van der Waals surface area (Å²) in [6.45, 7) is 0. The zero-order valence-electron chi connectivity index (χ0n) is 7.90. The standard InChI is InChI=1S/C10H10BrN3S/c11-9-5-8(12)2-1-7(9)6-15-10-13-3-4-14-10/h1-5H,6,12H2,(H,13,14). The Kier molecular flexibility index (Phi) is 3.33. The van der Waals surface area contributed by atoms with Crippen molar-refractivity contribution in [1.82, 2.24) is 9.97 Å². The fraction of sp³-hybridized carbons (Fsp3) is 0.100. The Morgan fingerprint density at radius 3 is 3.00 bits per heavy atom. The Morgan fingerprint density at radius 1 is 1.47 bits per heavy atom. The van der Waals surface area contributed by atoms with E-state index in [0.717, 1.165) is 21.1 Å². The number of hydrogen-bond donors (Lipinski definition) is 2. The summed E-state index contributed by atoms with van der Waals surface area (Å²) >= 11 is 5.15. The third kappa shape index (κ3) is 2.76. The summed E-state index contributed by atoms with van der Waals surface area (Å²) in [5.74, 6) is 0.869. The molecule has 0 atom stereocenters. The predicted molar refractivity (Wildman–Crippen MR) is 66.7 cm³/mol. The molecule has 1 aromatic heterocycles. The lowest BCUT2D eigenvalue weighted by Crippen LogP contribution is -1.88. The van der Waals surface area contributed by atoms with Crippen LogP contribution in [0.15, 0.2) is 40.2 Å². The molecule has 0 aliphatic carbocycles. The van der Waals surface area contributed by atoms with Crippen molar-refractivity contribution in [3.8, 4) is 0 Å². The first-order valence-electron chi connectivity index (χ1n) is 4.42. The van der Waals surface area contributed by atoms with Gasteiger partial charge in [0.25, 0.3) is 0 Å². The SMILES string of the molecule is Nc1ccc(CSc2ncc[nH]2)c(Br)c1. The molecule has 1 aromatic carbocycles. The van der Waals surface area contributed by atoms with E-state index in [-0.39, 0.29) is 0 Å². The van der Waals surface area contributed by atoms with Crippen molar-refractivity contribution in [3.63, 3.8) is 0 Å². The molecule has 0 saturated heterocycles. The maximum Gasteiger partial charge on any atom is 0.165 e. The summed E-state index contributed by atoms with van der Waals surface area (Å²) in [7, 11) is 0. The maximum absolute atomic E-state index is 5.66. The second-order valence-corrected chi connectivity index (χ2v) is 4.85. The summed E-state index contributed by atoms with van der Waals surface area (Å²) in [5, 5.41) is 0.929. The average Bonchev–Trinajstić information content (AvgIpc) is 2.69. The Balaban J connectivity index is 2.05. The van der Waals surface area contributed by atoms with Crippen LogP contribution in [0, 0.1) is 0 Å². The number of anilines is 1. The molecule has 5 heteroatoms. The van der Waals surface area contributed by atoms with Crippen LogP contribution in [0.3, 0.4) is 0 Å². The average molecular weight is 284 g/mol. The Bertz CT molecular complexity index is 442. The van der Waals surface area contributed by atoms with Gasteiger partial charge in [-0.3, -0.25) is 0 Å². The topological polar surface area (TPSA) is 54.7 Å². The van der Waals surface area contributed by atoms with Crippen LogP contribution in [0.2, 0.25) is 0 Å². The Labute approximate surface area is 101 Å². The van der Waals surface area contributed by atoms with Crippen LogP contribution in [0.4, 0.5) is 5.69 Å². The third-order valence-corrected chi connectivity index (χ3v) is 3.60. The van der Waals surface area contributed by atoms with E-state index in [2.05, 4.69) is 25.9 Å². The zero-order valence-corrected chi connectivity index (χ0v) is 10.3. The molecule has 15 heavy (non-hydrogen) atoms. The normalized spacial score (nSPS) is 10.5. The highest BCUT2D eigenvalue weighted by molar-refractivity contribution is 9.10. The van der Waals surface area contributed by atoms with Crippen LogP contribution in [0.25, 0.3) is 0 Å². The van der Waals surface area contributed by atoms with Gasteiger partial charge < -0.3 is 10.7 Å². The molecular weight excluding hydrogens is 274 g/mol. The number of rotatable bonds is 3. The molecule has 0 bridgehead atoms. The summed E-state index contributed by atoms with van der Waals surface area (Å²) in [5.41, 5.74) is 7.65. The number of hydrogen-bond acceptors (Lipinski definition) is 3. The van der Waals surface area contributed by atoms with Gasteiger partial charge in [-0.2, -0.15) is 0 Å². The first kappa shape index (κ1) is 10.6. The number of halogens is 1. The van der Waals surface area contributed by atoms with Crippen molar-refractivity contribution in [2.45, 2.75) is 10.9 Å². The van der Waals surface area contributed by atoms with E-state index in [1.54, 1.807) is 18.0 Å². The zero-order chi connectivity index (χ0) is 10.7. The molecule has 0 radical (unpaired) electrons. The summed E-state index contributed by atoms with van der Waals surface area (Å²) in [6.07, 6.45) is 3.57. The van der Waals surface area contributed by atoms with Gasteiger partial charge in [-0.15, -0.1) is 0 Å². The van der Waals surface area contributed by atoms with E-state index in [9.17, 15) is 0 Å². The fourth-order valence-corrected chi connectivity index (χ4v) is 2.71. The summed E-state index contributed by atoms with van der Waals surface area (Å²) < 4.78 is 1.04. The molecule has 0 unspecified atom stereocenters. The molecule has 0 aliphatic rings. The number of H-pyrrole nitrogens is 1. The van der Waals surface area contributed by atoms with Crippen LogP contribution in [-0.2, 0) is 5.75 Å². The van der Waals surface area contributed by atoms with Gasteiger partial charge in [0.2, 0.25) is 0 Å². The third-order valence-electron chi connectivity index (χ3n) is 1.91. The number of nitrogens with two attached hydrogens (primary N) is 1. The molecule has 3 N–H and O–H groups in total. The molecule has 2 aromatic rings. The van der Waals surface area contributed by atoms with Crippen molar-refractivity contribution in [2.75, 3.05) is 5.73 Å². The predicted octanol–water partition coefficient (Wildman–Crippen LogP) is 3.05. The fourth-order valence-electron chi connectivity index (χ4n) is 1.16. The van der Waals surface area contributed by atoms with Crippen LogP contribution in [0.1, 0.15) is 5.56 Å². The van der Waals surface area contributed by atoms with Gasteiger partial charge in [-0.1, -0.05) is 33.8 Å². The highest BCUT2D eigenvalue weighted by Crippen LogP contribution is 2.26. The van der Waals surface area contributed by atoms with Gasteiger partial charge in [0.15, 0.2) is 5.16 Å². The lowest BCUT2D eigenvalue weighted by atomic mass is 10.2. The van der Waals surface area contributed by atoms with Crippen LogP contribution in [0.5, 0.6) is 0 Å². The van der Waals surface area contributed by atoms with Gasteiger partial charge in [0.1, 0.15) is 0 Å². The van der Waals surface area contributed by atoms with Gasteiger partial charge in [-0.05, 0) is 17.7 Å². The first-order valence-corrected chi connectivity index (χ1v) is 6.19. The van der Waals surface area contributed by atoms with E-state index in [0.29, 0.717) is 0 Å². The largest absolute Gasteiger partial charge is 0.399 e. The minimum Gasteiger partial charge on any atom is -0.399 e. The Morgan fingerprint density at radius 2 is 2.33 bits per heavy atom. The van der Waals surface area contributed by atoms with Crippen LogP contribution < -0.4 is 5.73 Å². The number of benzene rings is 1. The van der Waals surface area contributed by atoms with E-state index in [4.69, 9.17) is 5.73 Å². The minimum absolute atomic E-state index is 0.772.